The molecule has 0 bridgehead atoms. The number of carbonyl (C=O) groups excluding carboxylic acids is 1. The van der Waals surface area contributed by atoms with E-state index in [9.17, 15) is 9.18 Å². The quantitative estimate of drug-likeness (QED) is 0.751. The Morgan fingerprint density at radius 1 is 1.47 bits per heavy atom. The van der Waals surface area contributed by atoms with Gasteiger partial charge in [-0.15, -0.1) is 0 Å². The molecule has 15 heavy (non-hydrogen) atoms. The van der Waals surface area contributed by atoms with E-state index in [2.05, 4.69) is 29.8 Å². The summed E-state index contributed by atoms with van der Waals surface area (Å²) in [6, 6.07) is 4.50. The molecule has 0 amide bonds. The highest BCUT2D eigenvalue weighted by Crippen LogP contribution is 2.18. The van der Waals surface area contributed by atoms with E-state index in [0.29, 0.717) is 22.4 Å². The number of halogens is 2. The monoisotopic (exact) mass is 272 g/mol. The fourth-order valence-corrected chi connectivity index (χ4v) is 1.48. The third kappa shape index (κ3) is 3.74. The molecule has 0 saturated carbocycles. The molecule has 0 N–H and O–H groups in total. The van der Waals surface area contributed by atoms with E-state index in [1.807, 2.05) is 0 Å². The topological polar surface area (TPSA) is 17.1 Å². The molecular weight excluding hydrogens is 259 g/mol. The molecule has 1 rings (SSSR count). The van der Waals surface area contributed by atoms with Gasteiger partial charge in [-0.2, -0.15) is 0 Å². The lowest BCUT2D eigenvalue weighted by atomic mass is 10.0. The van der Waals surface area contributed by atoms with E-state index in [1.54, 1.807) is 12.1 Å². The van der Waals surface area contributed by atoms with E-state index in [4.69, 9.17) is 0 Å². The van der Waals surface area contributed by atoms with Gasteiger partial charge in [0, 0.05) is 12.0 Å². The van der Waals surface area contributed by atoms with Gasteiger partial charge in [0.15, 0.2) is 5.78 Å². The number of Topliss-reactive ketones (excluding diaryl/α,β-unsaturated/α-hetero) is 1. The fraction of sp³-hybridized carbons (Fsp3) is 0.417. The average Bonchev–Trinajstić information content (AvgIpc) is 2.18. The molecular formula is C12H14BrFO. The molecule has 1 aromatic carbocycles. The molecule has 0 radical (unpaired) electrons. The Hall–Kier alpha value is -0.700. The minimum absolute atomic E-state index is 0.00935. The molecule has 0 aromatic heterocycles. The van der Waals surface area contributed by atoms with Crippen LogP contribution in [-0.4, -0.2) is 5.78 Å². The first-order chi connectivity index (χ1) is 7.00. The molecule has 82 valence electrons. The van der Waals surface area contributed by atoms with Crippen LogP contribution in [0.3, 0.4) is 0 Å². The van der Waals surface area contributed by atoms with Gasteiger partial charge in [-0.05, 0) is 40.4 Å². The molecule has 0 aliphatic rings. The first-order valence-electron chi connectivity index (χ1n) is 4.99. The Morgan fingerprint density at radius 2 is 2.13 bits per heavy atom. The Morgan fingerprint density at radius 3 is 2.67 bits per heavy atom. The molecule has 0 fully saturated rings. The number of hydrogen-bond donors (Lipinski definition) is 0. The highest BCUT2D eigenvalue weighted by molar-refractivity contribution is 9.10. The Balaban J connectivity index is 2.70. The van der Waals surface area contributed by atoms with Crippen LogP contribution < -0.4 is 0 Å². The van der Waals surface area contributed by atoms with Crippen LogP contribution in [0.1, 0.15) is 37.0 Å². The first-order valence-corrected chi connectivity index (χ1v) is 5.78. The zero-order chi connectivity index (χ0) is 11.4. The van der Waals surface area contributed by atoms with Gasteiger partial charge >= 0.3 is 0 Å². The molecule has 0 aliphatic heterocycles. The highest BCUT2D eigenvalue weighted by Gasteiger charge is 2.09. The van der Waals surface area contributed by atoms with Crippen LogP contribution in [0.15, 0.2) is 22.7 Å². The van der Waals surface area contributed by atoms with Gasteiger partial charge in [-0.25, -0.2) is 4.39 Å². The summed E-state index contributed by atoms with van der Waals surface area (Å²) in [5, 5.41) is 0. The van der Waals surface area contributed by atoms with Crippen molar-refractivity contribution in [1.82, 2.24) is 0 Å². The summed E-state index contributed by atoms with van der Waals surface area (Å²) >= 11 is 3.05. The third-order valence-corrected chi connectivity index (χ3v) is 2.83. The molecule has 1 aromatic rings. The second-order valence-corrected chi connectivity index (χ2v) is 4.84. The molecule has 3 heteroatoms. The number of carbonyl (C=O) groups is 1. The summed E-state index contributed by atoms with van der Waals surface area (Å²) in [5.74, 6) is 0.120. The van der Waals surface area contributed by atoms with Crippen LogP contribution in [0, 0.1) is 11.7 Å². The van der Waals surface area contributed by atoms with Crippen molar-refractivity contribution in [3.05, 3.63) is 34.1 Å². The Bertz CT molecular complexity index is 361. The zero-order valence-electron chi connectivity index (χ0n) is 8.89. The maximum Gasteiger partial charge on any atom is 0.162 e. The smallest absolute Gasteiger partial charge is 0.162 e. The van der Waals surface area contributed by atoms with Crippen LogP contribution in [0.2, 0.25) is 0 Å². The minimum Gasteiger partial charge on any atom is -0.294 e. The van der Waals surface area contributed by atoms with E-state index in [1.165, 1.54) is 6.07 Å². The van der Waals surface area contributed by atoms with Crippen LogP contribution in [-0.2, 0) is 0 Å². The molecule has 0 heterocycles. The first kappa shape index (κ1) is 12.4. The van der Waals surface area contributed by atoms with Crippen molar-refractivity contribution < 1.29 is 9.18 Å². The van der Waals surface area contributed by atoms with Gasteiger partial charge in [0.2, 0.25) is 0 Å². The van der Waals surface area contributed by atoms with E-state index in [0.717, 1.165) is 6.42 Å². The number of benzene rings is 1. The highest BCUT2D eigenvalue weighted by atomic mass is 79.9. The summed E-state index contributed by atoms with van der Waals surface area (Å²) < 4.78 is 13.5. The van der Waals surface area contributed by atoms with Gasteiger partial charge in [-0.3, -0.25) is 4.79 Å². The largest absolute Gasteiger partial charge is 0.294 e. The second-order valence-electron chi connectivity index (χ2n) is 3.98. The minimum atomic E-state index is -0.384. The summed E-state index contributed by atoms with van der Waals surface area (Å²) in [5.41, 5.74) is 0.455. The molecule has 1 nitrogen and oxygen atoms in total. The Labute approximate surface area is 97.8 Å². The fourth-order valence-electron chi connectivity index (χ4n) is 1.23. The van der Waals surface area contributed by atoms with Crippen molar-refractivity contribution in [2.75, 3.05) is 0 Å². The van der Waals surface area contributed by atoms with Crippen LogP contribution >= 0.6 is 15.9 Å². The predicted molar refractivity (Wildman–Crippen MR) is 62.5 cm³/mol. The van der Waals surface area contributed by atoms with Crippen molar-refractivity contribution in [2.45, 2.75) is 26.7 Å². The van der Waals surface area contributed by atoms with E-state index >= 15 is 0 Å². The van der Waals surface area contributed by atoms with Crippen LogP contribution in [0.25, 0.3) is 0 Å². The summed E-state index contributed by atoms with van der Waals surface area (Å²) in [4.78, 5) is 11.6. The van der Waals surface area contributed by atoms with Gasteiger partial charge in [-0.1, -0.05) is 19.9 Å². The molecule has 0 saturated heterocycles. The molecule has 0 unspecified atom stereocenters. The van der Waals surface area contributed by atoms with Gasteiger partial charge in [0.05, 0.1) is 4.47 Å². The maximum absolute atomic E-state index is 13.1. The number of hydrogen-bond acceptors (Lipinski definition) is 1. The van der Waals surface area contributed by atoms with E-state index in [-0.39, 0.29) is 11.6 Å². The summed E-state index contributed by atoms with van der Waals surface area (Å²) in [6.07, 6.45) is 1.33. The summed E-state index contributed by atoms with van der Waals surface area (Å²) in [7, 11) is 0. The van der Waals surface area contributed by atoms with Crippen molar-refractivity contribution in [1.29, 1.82) is 0 Å². The third-order valence-electron chi connectivity index (χ3n) is 2.19. The normalized spacial score (nSPS) is 10.7. The SMILES string of the molecule is CC(C)CCC(=O)c1ccc(Br)c(F)c1. The number of rotatable bonds is 4. The zero-order valence-corrected chi connectivity index (χ0v) is 10.5. The lowest BCUT2D eigenvalue weighted by Crippen LogP contribution is -2.01. The van der Waals surface area contributed by atoms with Gasteiger partial charge < -0.3 is 0 Å². The van der Waals surface area contributed by atoms with Crippen LogP contribution in [0.5, 0.6) is 0 Å². The Kier molecular flexibility index (Phi) is 4.45. The lowest BCUT2D eigenvalue weighted by molar-refractivity contribution is 0.0975. The average molecular weight is 273 g/mol. The summed E-state index contributed by atoms with van der Waals surface area (Å²) in [6.45, 7) is 4.13. The van der Waals surface area contributed by atoms with Crippen LogP contribution in [0.4, 0.5) is 4.39 Å². The predicted octanol–water partition coefficient (Wildman–Crippen LogP) is 4.21. The second kappa shape index (κ2) is 5.40. The molecule has 0 atom stereocenters. The van der Waals surface area contributed by atoms with Gasteiger partial charge in [0.25, 0.3) is 0 Å². The molecule has 0 aliphatic carbocycles. The van der Waals surface area contributed by atoms with Crippen molar-refractivity contribution in [3.8, 4) is 0 Å². The van der Waals surface area contributed by atoms with E-state index < -0.39 is 0 Å². The standard InChI is InChI=1S/C12H14BrFO/c1-8(2)3-6-12(15)9-4-5-10(13)11(14)7-9/h4-5,7-8H,3,6H2,1-2H3. The maximum atomic E-state index is 13.1. The number of ketones is 1. The molecule has 0 spiro atoms. The van der Waals surface area contributed by atoms with Crippen molar-refractivity contribution in [2.24, 2.45) is 5.92 Å². The van der Waals surface area contributed by atoms with Gasteiger partial charge in [0.1, 0.15) is 5.82 Å². The lowest BCUT2D eigenvalue weighted by Gasteiger charge is -2.04. The van der Waals surface area contributed by atoms with Crippen molar-refractivity contribution >= 4 is 21.7 Å². The van der Waals surface area contributed by atoms with Crippen molar-refractivity contribution in [3.63, 3.8) is 0 Å².